The summed E-state index contributed by atoms with van der Waals surface area (Å²) in [5, 5.41) is 3.50. The van der Waals surface area contributed by atoms with Crippen molar-refractivity contribution < 1.29 is 4.74 Å². The van der Waals surface area contributed by atoms with E-state index in [0.717, 1.165) is 31.8 Å². The molecule has 0 radical (unpaired) electrons. The van der Waals surface area contributed by atoms with Crippen molar-refractivity contribution in [3.05, 3.63) is 29.3 Å². The largest absolute Gasteiger partial charge is 0.496 e. The molecule has 1 saturated heterocycles. The number of ether oxygens (including phenoxy) is 1. The molecular weight excluding hydrogens is 224 g/mol. The summed E-state index contributed by atoms with van der Waals surface area (Å²) in [5.41, 5.74) is 2.74. The summed E-state index contributed by atoms with van der Waals surface area (Å²) in [6, 6.07) is 6.59. The van der Waals surface area contributed by atoms with Crippen LogP contribution in [0.25, 0.3) is 0 Å². The molecule has 3 nitrogen and oxygen atoms in total. The number of methoxy groups -OCH3 is 1. The van der Waals surface area contributed by atoms with Gasteiger partial charge in [0.15, 0.2) is 0 Å². The van der Waals surface area contributed by atoms with Crippen molar-refractivity contribution in [3.63, 3.8) is 0 Å². The van der Waals surface area contributed by atoms with Crippen LogP contribution in [0, 0.1) is 0 Å². The Kier molecular flexibility index (Phi) is 3.93. The molecule has 1 heterocycles. The molecule has 18 heavy (non-hydrogen) atoms. The lowest BCUT2D eigenvalue weighted by Gasteiger charge is -2.43. The van der Waals surface area contributed by atoms with Gasteiger partial charge in [-0.15, -0.1) is 0 Å². The summed E-state index contributed by atoms with van der Waals surface area (Å²) >= 11 is 0. The highest BCUT2D eigenvalue weighted by molar-refractivity contribution is 5.40. The van der Waals surface area contributed by atoms with E-state index in [1.807, 2.05) is 0 Å². The minimum absolute atomic E-state index is 0.0778. The maximum Gasteiger partial charge on any atom is 0.122 e. The zero-order valence-corrected chi connectivity index (χ0v) is 11.9. The zero-order chi connectivity index (χ0) is 13.2. The van der Waals surface area contributed by atoms with Crippen molar-refractivity contribution >= 4 is 0 Å². The van der Waals surface area contributed by atoms with Crippen molar-refractivity contribution in [2.75, 3.05) is 33.8 Å². The van der Waals surface area contributed by atoms with E-state index in [1.54, 1.807) is 7.11 Å². The summed E-state index contributed by atoms with van der Waals surface area (Å²) in [6.07, 6.45) is 1.00. The molecule has 1 unspecified atom stereocenters. The molecule has 1 aromatic rings. The molecule has 0 aliphatic carbocycles. The molecule has 2 rings (SSSR count). The topological polar surface area (TPSA) is 24.5 Å². The predicted molar refractivity (Wildman–Crippen MR) is 75.2 cm³/mol. The normalized spacial score (nSPS) is 25.1. The molecule has 1 aliphatic heterocycles. The van der Waals surface area contributed by atoms with Gasteiger partial charge in [0.1, 0.15) is 5.75 Å². The van der Waals surface area contributed by atoms with Gasteiger partial charge in [-0.05, 0) is 37.6 Å². The van der Waals surface area contributed by atoms with Gasteiger partial charge in [-0.2, -0.15) is 0 Å². The van der Waals surface area contributed by atoms with Crippen LogP contribution in [-0.2, 0) is 12.0 Å². The summed E-state index contributed by atoms with van der Waals surface area (Å²) in [4.78, 5) is 2.44. The van der Waals surface area contributed by atoms with E-state index >= 15 is 0 Å². The van der Waals surface area contributed by atoms with E-state index in [-0.39, 0.29) is 5.54 Å². The molecule has 100 valence electrons. The first-order chi connectivity index (χ1) is 8.61. The van der Waals surface area contributed by atoms with Crippen molar-refractivity contribution in [3.8, 4) is 5.75 Å². The van der Waals surface area contributed by atoms with Gasteiger partial charge in [0.2, 0.25) is 0 Å². The second kappa shape index (κ2) is 5.29. The fourth-order valence-electron chi connectivity index (χ4n) is 2.67. The Bertz CT molecular complexity index is 419. The van der Waals surface area contributed by atoms with Crippen molar-refractivity contribution in [1.82, 2.24) is 10.2 Å². The molecule has 1 fully saturated rings. The van der Waals surface area contributed by atoms with E-state index in [1.165, 1.54) is 11.1 Å². The Balaban J connectivity index is 2.37. The van der Waals surface area contributed by atoms with Crippen LogP contribution in [0.2, 0.25) is 0 Å². The number of piperazine rings is 1. The maximum absolute atomic E-state index is 5.41. The fourth-order valence-corrected chi connectivity index (χ4v) is 2.67. The molecule has 0 spiro atoms. The summed E-state index contributed by atoms with van der Waals surface area (Å²) in [6.45, 7) is 7.64. The molecule has 1 aromatic carbocycles. The number of likely N-dealkylation sites (N-methyl/N-ethyl adjacent to an activating group) is 1. The van der Waals surface area contributed by atoms with E-state index in [0.29, 0.717) is 0 Å². The average Bonchev–Trinajstić information content (AvgIpc) is 2.41. The summed E-state index contributed by atoms with van der Waals surface area (Å²) in [7, 11) is 3.95. The summed E-state index contributed by atoms with van der Waals surface area (Å²) < 4.78 is 5.41. The number of nitrogens with one attached hydrogen (secondary N) is 1. The number of rotatable bonds is 3. The smallest absolute Gasteiger partial charge is 0.122 e. The Labute approximate surface area is 110 Å². The molecule has 1 atom stereocenters. The highest BCUT2D eigenvalue weighted by Gasteiger charge is 2.33. The second-order valence-electron chi connectivity index (χ2n) is 5.25. The SMILES string of the molecule is CCc1cc(C2(C)CNCCN2C)ccc1OC. The third-order valence-electron chi connectivity index (χ3n) is 4.22. The van der Waals surface area contributed by atoms with Gasteiger partial charge < -0.3 is 10.1 Å². The zero-order valence-electron chi connectivity index (χ0n) is 11.9. The lowest BCUT2D eigenvalue weighted by Crippen LogP contribution is -2.55. The molecule has 0 bridgehead atoms. The molecule has 1 aliphatic rings. The highest BCUT2D eigenvalue weighted by Crippen LogP contribution is 2.31. The van der Waals surface area contributed by atoms with Gasteiger partial charge in [-0.1, -0.05) is 19.1 Å². The van der Waals surface area contributed by atoms with Gasteiger partial charge in [-0.25, -0.2) is 0 Å². The Morgan fingerprint density at radius 1 is 1.44 bits per heavy atom. The monoisotopic (exact) mass is 248 g/mol. The molecule has 3 heteroatoms. The van der Waals surface area contributed by atoms with Crippen LogP contribution in [0.1, 0.15) is 25.0 Å². The van der Waals surface area contributed by atoms with E-state index in [2.05, 4.69) is 49.3 Å². The third kappa shape index (κ3) is 2.25. The summed E-state index contributed by atoms with van der Waals surface area (Å²) in [5.74, 6) is 0.997. The first-order valence-corrected chi connectivity index (χ1v) is 6.71. The number of benzene rings is 1. The van der Waals surface area contributed by atoms with Crippen molar-refractivity contribution in [1.29, 1.82) is 0 Å². The molecular formula is C15H24N2O. The molecule has 0 aromatic heterocycles. The van der Waals surface area contributed by atoms with Gasteiger partial charge in [0.25, 0.3) is 0 Å². The Morgan fingerprint density at radius 3 is 2.83 bits per heavy atom. The number of aryl methyl sites for hydroxylation is 1. The molecule has 1 N–H and O–H groups in total. The van der Waals surface area contributed by atoms with Crippen LogP contribution in [-0.4, -0.2) is 38.7 Å². The van der Waals surface area contributed by atoms with Crippen LogP contribution >= 0.6 is 0 Å². The average molecular weight is 248 g/mol. The maximum atomic E-state index is 5.41. The fraction of sp³-hybridized carbons (Fsp3) is 0.600. The van der Waals surface area contributed by atoms with Crippen LogP contribution in [0.5, 0.6) is 5.75 Å². The van der Waals surface area contributed by atoms with Crippen LogP contribution in [0.3, 0.4) is 0 Å². The lowest BCUT2D eigenvalue weighted by atomic mass is 9.87. The van der Waals surface area contributed by atoms with Crippen molar-refractivity contribution in [2.45, 2.75) is 25.8 Å². The van der Waals surface area contributed by atoms with E-state index in [9.17, 15) is 0 Å². The first-order valence-electron chi connectivity index (χ1n) is 6.71. The number of nitrogens with zero attached hydrogens (tertiary/aromatic N) is 1. The van der Waals surface area contributed by atoms with Crippen LogP contribution < -0.4 is 10.1 Å². The Morgan fingerprint density at radius 2 is 2.22 bits per heavy atom. The number of hydrogen-bond donors (Lipinski definition) is 1. The first kappa shape index (κ1) is 13.4. The third-order valence-corrected chi connectivity index (χ3v) is 4.22. The minimum atomic E-state index is 0.0778. The van der Waals surface area contributed by atoms with Crippen LogP contribution in [0.15, 0.2) is 18.2 Å². The quantitative estimate of drug-likeness (QED) is 0.885. The van der Waals surface area contributed by atoms with Gasteiger partial charge in [0.05, 0.1) is 12.6 Å². The second-order valence-corrected chi connectivity index (χ2v) is 5.25. The minimum Gasteiger partial charge on any atom is -0.496 e. The van der Waals surface area contributed by atoms with Gasteiger partial charge in [-0.3, -0.25) is 4.90 Å². The highest BCUT2D eigenvalue weighted by atomic mass is 16.5. The Hall–Kier alpha value is -1.06. The molecule has 0 saturated carbocycles. The standard InChI is InChI=1S/C15H24N2O/c1-5-12-10-13(6-7-14(12)18-4)15(2)11-16-8-9-17(15)3/h6-7,10,16H,5,8-9,11H2,1-4H3. The molecule has 0 amide bonds. The number of hydrogen-bond acceptors (Lipinski definition) is 3. The predicted octanol–water partition coefficient (Wildman–Crippen LogP) is 2.01. The van der Waals surface area contributed by atoms with Crippen LogP contribution in [0.4, 0.5) is 0 Å². The van der Waals surface area contributed by atoms with Crippen molar-refractivity contribution in [2.24, 2.45) is 0 Å². The van der Waals surface area contributed by atoms with Gasteiger partial charge >= 0.3 is 0 Å². The van der Waals surface area contributed by atoms with E-state index in [4.69, 9.17) is 4.74 Å². The van der Waals surface area contributed by atoms with E-state index < -0.39 is 0 Å². The lowest BCUT2D eigenvalue weighted by molar-refractivity contribution is 0.104. The van der Waals surface area contributed by atoms with Gasteiger partial charge in [0, 0.05) is 19.6 Å².